The molecule has 4 nitrogen and oxygen atoms in total. The molecule has 1 rings (SSSR count). The summed E-state index contributed by atoms with van der Waals surface area (Å²) in [6.45, 7) is -2.63. The van der Waals surface area contributed by atoms with Gasteiger partial charge in [0.15, 0.2) is 0 Å². The highest BCUT2D eigenvalue weighted by molar-refractivity contribution is 4.43. The lowest BCUT2D eigenvalue weighted by Crippen LogP contribution is -1.97. The molecule has 1 heterocycles. The second-order valence-electron chi connectivity index (χ2n) is 1.07. The van der Waals surface area contributed by atoms with Crippen LogP contribution in [0, 0.1) is 0 Å². The summed E-state index contributed by atoms with van der Waals surface area (Å²) in [5, 5.41) is 8.91. The maximum atomic E-state index is 11.4. The third kappa shape index (κ3) is 0.772. The second-order valence-corrected chi connectivity index (χ2v) is 1.07. The zero-order chi connectivity index (χ0) is 5.98. The quantitative estimate of drug-likeness (QED) is 0.526. The van der Waals surface area contributed by atoms with E-state index < -0.39 is 6.55 Å². The fourth-order valence-electron chi connectivity index (χ4n) is 0.258. The molecule has 0 aliphatic rings. The van der Waals surface area contributed by atoms with Crippen LogP contribution in [0.4, 0.5) is 8.78 Å². The third-order valence-electron chi connectivity index (χ3n) is 0.565. The Hall–Kier alpha value is -1.07. The van der Waals surface area contributed by atoms with Crippen LogP contribution in [0.3, 0.4) is 0 Å². The molecule has 0 fully saturated rings. The van der Waals surface area contributed by atoms with Gasteiger partial charge in [-0.05, 0) is 10.4 Å². The molecule has 0 spiro atoms. The minimum absolute atomic E-state index is 0.361. The van der Waals surface area contributed by atoms with Gasteiger partial charge in [-0.2, -0.15) is 13.5 Å². The van der Waals surface area contributed by atoms with Gasteiger partial charge in [-0.25, -0.2) is 0 Å². The molecule has 1 aromatic heterocycles. The summed E-state index contributed by atoms with van der Waals surface area (Å²) in [5.41, 5.74) is 0. The number of hydrogen-bond donors (Lipinski definition) is 0. The standard InChI is InChI=1S/C2H2F2N4/c3-2(4)8-1-5-6-7-8/h1-2H. The van der Waals surface area contributed by atoms with Gasteiger partial charge in [0.1, 0.15) is 6.33 Å². The van der Waals surface area contributed by atoms with E-state index in [0.717, 1.165) is 6.33 Å². The monoisotopic (exact) mass is 120 g/mol. The van der Waals surface area contributed by atoms with Crippen LogP contribution in [0.1, 0.15) is 6.55 Å². The molecular weight excluding hydrogens is 118 g/mol. The highest BCUT2D eigenvalue weighted by atomic mass is 19.3. The number of halogens is 2. The molecular formula is C2H2F2N4. The van der Waals surface area contributed by atoms with Crippen molar-refractivity contribution in [3.05, 3.63) is 6.33 Å². The van der Waals surface area contributed by atoms with Crippen molar-refractivity contribution in [3.8, 4) is 0 Å². The lowest BCUT2D eigenvalue weighted by Gasteiger charge is -1.90. The predicted octanol–water partition coefficient (Wildman–Crippen LogP) is 0.0682. The first-order chi connectivity index (χ1) is 3.80. The molecule has 0 aliphatic heterocycles. The van der Waals surface area contributed by atoms with Gasteiger partial charge in [-0.1, -0.05) is 0 Å². The summed E-state index contributed by atoms with van der Waals surface area (Å²) < 4.78 is 23.2. The van der Waals surface area contributed by atoms with Crippen LogP contribution in [0.5, 0.6) is 0 Å². The van der Waals surface area contributed by atoms with Crippen molar-refractivity contribution in [1.82, 2.24) is 20.2 Å². The minimum Gasteiger partial charge on any atom is -0.184 e. The first kappa shape index (κ1) is 5.07. The summed E-state index contributed by atoms with van der Waals surface area (Å²) in [6.07, 6.45) is 0.852. The third-order valence-corrected chi connectivity index (χ3v) is 0.565. The van der Waals surface area contributed by atoms with Gasteiger partial charge in [-0.15, -0.1) is 5.10 Å². The maximum absolute atomic E-state index is 11.4. The zero-order valence-corrected chi connectivity index (χ0v) is 3.70. The fourth-order valence-corrected chi connectivity index (χ4v) is 0.258. The van der Waals surface area contributed by atoms with Gasteiger partial charge in [0.25, 0.3) is 0 Å². The van der Waals surface area contributed by atoms with E-state index >= 15 is 0 Å². The molecule has 0 saturated heterocycles. The average Bonchev–Trinajstić information content (AvgIpc) is 2.12. The van der Waals surface area contributed by atoms with Crippen LogP contribution in [0.15, 0.2) is 6.33 Å². The van der Waals surface area contributed by atoms with Gasteiger partial charge >= 0.3 is 6.55 Å². The van der Waals surface area contributed by atoms with E-state index in [4.69, 9.17) is 0 Å². The van der Waals surface area contributed by atoms with E-state index in [2.05, 4.69) is 15.5 Å². The lowest BCUT2D eigenvalue weighted by molar-refractivity contribution is 0.0545. The smallest absolute Gasteiger partial charge is 0.184 e. The van der Waals surface area contributed by atoms with E-state index in [-0.39, 0.29) is 0 Å². The molecule has 0 saturated carbocycles. The van der Waals surface area contributed by atoms with Gasteiger partial charge in [0.2, 0.25) is 0 Å². The molecule has 0 atom stereocenters. The molecule has 0 radical (unpaired) electrons. The molecule has 0 aromatic carbocycles. The Labute approximate surface area is 43.1 Å². The lowest BCUT2D eigenvalue weighted by atomic mass is 11.1. The van der Waals surface area contributed by atoms with Crippen molar-refractivity contribution in [3.63, 3.8) is 0 Å². The Morgan fingerprint density at radius 1 is 1.50 bits per heavy atom. The van der Waals surface area contributed by atoms with Crippen LogP contribution in [-0.4, -0.2) is 20.2 Å². The van der Waals surface area contributed by atoms with Crippen LogP contribution in [0.2, 0.25) is 0 Å². The molecule has 1 aromatic rings. The molecule has 6 heteroatoms. The van der Waals surface area contributed by atoms with Crippen LogP contribution >= 0.6 is 0 Å². The highest BCUT2D eigenvalue weighted by Crippen LogP contribution is 2.02. The average molecular weight is 120 g/mol. The summed E-state index contributed by atoms with van der Waals surface area (Å²) in [5.74, 6) is 0. The van der Waals surface area contributed by atoms with Crippen LogP contribution in [0.25, 0.3) is 0 Å². The van der Waals surface area contributed by atoms with E-state index in [0.29, 0.717) is 4.68 Å². The Balaban J connectivity index is 2.77. The van der Waals surface area contributed by atoms with Gasteiger partial charge < -0.3 is 0 Å². The number of alkyl halides is 2. The number of aromatic nitrogens is 4. The maximum Gasteiger partial charge on any atom is 0.336 e. The van der Waals surface area contributed by atoms with E-state index in [1.165, 1.54) is 0 Å². The summed E-state index contributed by atoms with van der Waals surface area (Å²) >= 11 is 0. The molecule has 0 N–H and O–H groups in total. The number of hydrogen-bond acceptors (Lipinski definition) is 3. The van der Waals surface area contributed by atoms with E-state index in [1.807, 2.05) is 0 Å². The molecule has 0 aliphatic carbocycles. The van der Waals surface area contributed by atoms with Crippen molar-refractivity contribution < 1.29 is 8.78 Å². The van der Waals surface area contributed by atoms with Crippen LogP contribution in [-0.2, 0) is 0 Å². The zero-order valence-electron chi connectivity index (χ0n) is 3.70. The van der Waals surface area contributed by atoms with Crippen LogP contribution < -0.4 is 0 Å². The number of tetrazole rings is 1. The number of nitrogens with zero attached hydrogens (tertiary/aromatic N) is 4. The summed E-state index contributed by atoms with van der Waals surface area (Å²) in [4.78, 5) is 0. The highest BCUT2D eigenvalue weighted by Gasteiger charge is 2.03. The van der Waals surface area contributed by atoms with Gasteiger partial charge in [0.05, 0.1) is 0 Å². The topological polar surface area (TPSA) is 43.6 Å². The van der Waals surface area contributed by atoms with Crippen molar-refractivity contribution in [1.29, 1.82) is 0 Å². The largest absolute Gasteiger partial charge is 0.336 e. The van der Waals surface area contributed by atoms with Crippen molar-refractivity contribution in [2.24, 2.45) is 0 Å². The Morgan fingerprint density at radius 3 is 2.50 bits per heavy atom. The Bertz CT molecular complexity index is 147. The van der Waals surface area contributed by atoms with Gasteiger partial charge in [0, 0.05) is 0 Å². The van der Waals surface area contributed by atoms with Gasteiger partial charge in [-0.3, -0.25) is 0 Å². The fraction of sp³-hybridized carbons (Fsp3) is 0.500. The molecule has 0 unspecified atom stereocenters. The van der Waals surface area contributed by atoms with E-state index in [1.54, 1.807) is 0 Å². The van der Waals surface area contributed by atoms with E-state index in [9.17, 15) is 8.78 Å². The Kier molecular flexibility index (Phi) is 1.15. The van der Waals surface area contributed by atoms with Crippen molar-refractivity contribution in [2.75, 3.05) is 0 Å². The second kappa shape index (κ2) is 1.81. The SMILES string of the molecule is FC(F)n1cnnn1. The molecule has 8 heavy (non-hydrogen) atoms. The first-order valence-electron chi connectivity index (χ1n) is 1.81. The predicted molar refractivity (Wildman–Crippen MR) is 19.1 cm³/mol. The Morgan fingerprint density at radius 2 is 2.25 bits per heavy atom. The summed E-state index contributed by atoms with van der Waals surface area (Å²) in [6, 6.07) is 0. The molecule has 0 amide bonds. The number of rotatable bonds is 1. The first-order valence-corrected chi connectivity index (χ1v) is 1.81. The minimum atomic E-state index is -2.63. The molecule has 0 bridgehead atoms. The van der Waals surface area contributed by atoms with Crippen molar-refractivity contribution >= 4 is 0 Å². The van der Waals surface area contributed by atoms with Crippen molar-refractivity contribution in [2.45, 2.75) is 6.55 Å². The summed E-state index contributed by atoms with van der Waals surface area (Å²) in [7, 11) is 0. The molecule has 44 valence electrons. The normalized spacial score (nSPS) is 10.4.